The number of nitrogens with zero attached hydrogens (tertiary/aromatic N) is 4. The summed E-state index contributed by atoms with van der Waals surface area (Å²) in [4.78, 5) is 28.2. The fraction of sp³-hybridized carbons (Fsp3) is 0.0556. The summed E-state index contributed by atoms with van der Waals surface area (Å²) >= 11 is 6.19. The highest BCUT2D eigenvalue weighted by atomic mass is 35.5. The summed E-state index contributed by atoms with van der Waals surface area (Å²) in [6, 6.07) is 13.7. The Morgan fingerprint density at radius 3 is 2.54 bits per heavy atom. The molecule has 1 aliphatic heterocycles. The molecule has 0 atom stereocenters. The maximum atomic E-state index is 13.3. The number of fused-ring (bicyclic) bond motifs is 2. The number of benzene rings is 2. The predicted molar refractivity (Wildman–Crippen MR) is 99.6 cm³/mol. The predicted octanol–water partition coefficient (Wildman–Crippen LogP) is 3.52. The second-order valence-corrected chi connectivity index (χ2v) is 6.25. The molecule has 2 amide bonds. The summed E-state index contributed by atoms with van der Waals surface area (Å²) in [5, 5.41) is 4.69. The third-order valence-electron chi connectivity index (χ3n) is 4.23. The van der Waals surface area contributed by atoms with E-state index in [0.29, 0.717) is 22.2 Å². The van der Waals surface area contributed by atoms with E-state index < -0.39 is 6.03 Å². The second kappa shape index (κ2) is 5.89. The van der Waals surface area contributed by atoms with Crippen LogP contribution in [-0.4, -0.2) is 28.8 Å². The van der Waals surface area contributed by atoms with Gasteiger partial charge in [-0.05, 0) is 30.3 Å². The third-order valence-corrected chi connectivity index (χ3v) is 4.46. The third kappa shape index (κ3) is 2.41. The number of carbonyl (C=O) groups is 2. The topological polar surface area (TPSA) is 84.5 Å². The van der Waals surface area contributed by atoms with Gasteiger partial charge in [-0.15, -0.1) is 5.10 Å². The van der Waals surface area contributed by atoms with E-state index in [1.54, 1.807) is 35.0 Å². The summed E-state index contributed by atoms with van der Waals surface area (Å²) in [5.41, 5.74) is 7.61. The number of nitrogens with two attached hydrogens (primary N) is 1. The van der Waals surface area contributed by atoms with Crippen LogP contribution in [0.2, 0.25) is 5.02 Å². The molecule has 2 N–H and O–H groups in total. The van der Waals surface area contributed by atoms with Crippen LogP contribution in [0.5, 0.6) is 0 Å². The van der Waals surface area contributed by atoms with Crippen LogP contribution in [0.15, 0.2) is 54.7 Å². The van der Waals surface area contributed by atoms with Gasteiger partial charge in [0.25, 0.3) is 5.91 Å². The van der Waals surface area contributed by atoms with Crippen molar-refractivity contribution in [3.8, 4) is 0 Å². The molecule has 0 aliphatic carbocycles. The van der Waals surface area contributed by atoms with E-state index in [0.717, 1.165) is 10.4 Å². The molecule has 0 spiro atoms. The SMILES string of the molecule is CN1c2ccc(Cl)cc2N(c2ccccc2)C(=O)c2cn(C(N)=O)nc21. The van der Waals surface area contributed by atoms with Gasteiger partial charge in [0.1, 0.15) is 5.56 Å². The Labute approximate surface area is 154 Å². The van der Waals surface area contributed by atoms with E-state index in [2.05, 4.69) is 5.10 Å². The number of aromatic nitrogens is 2. The normalized spacial score (nSPS) is 13.2. The molecule has 4 rings (SSSR count). The highest BCUT2D eigenvalue weighted by molar-refractivity contribution is 6.31. The minimum absolute atomic E-state index is 0.266. The second-order valence-electron chi connectivity index (χ2n) is 5.82. The maximum absolute atomic E-state index is 13.3. The van der Waals surface area contributed by atoms with Crippen molar-refractivity contribution in [1.29, 1.82) is 0 Å². The molecule has 1 aliphatic rings. The molecule has 3 aromatic rings. The molecule has 0 bridgehead atoms. The van der Waals surface area contributed by atoms with Gasteiger partial charge in [0.15, 0.2) is 5.82 Å². The highest BCUT2D eigenvalue weighted by Crippen LogP contribution is 2.43. The molecule has 1 aromatic heterocycles. The maximum Gasteiger partial charge on any atom is 0.339 e. The Morgan fingerprint density at radius 2 is 1.85 bits per heavy atom. The molecule has 7 nitrogen and oxygen atoms in total. The zero-order valence-electron chi connectivity index (χ0n) is 13.8. The molecular formula is C18H14ClN5O2. The number of primary amides is 1. The first-order valence-electron chi connectivity index (χ1n) is 7.79. The zero-order chi connectivity index (χ0) is 18.4. The average Bonchev–Trinajstić information content (AvgIpc) is 3.05. The van der Waals surface area contributed by atoms with E-state index in [1.807, 2.05) is 30.3 Å². The highest BCUT2D eigenvalue weighted by Gasteiger charge is 2.33. The van der Waals surface area contributed by atoms with Gasteiger partial charge in [0.2, 0.25) is 0 Å². The Bertz CT molecular complexity index is 1030. The van der Waals surface area contributed by atoms with Crippen molar-refractivity contribution >= 4 is 46.4 Å². The lowest BCUT2D eigenvalue weighted by Crippen LogP contribution is -2.25. The quantitative estimate of drug-likeness (QED) is 0.713. The van der Waals surface area contributed by atoms with Crippen molar-refractivity contribution in [3.05, 3.63) is 65.3 Å². The largest absolute Gasteiger partial charge is 0.350 e. The van der Waals surface area contributed by atoms with Gasteiger partial charge in [0.05, 0.1) is 17.6 Å². The summed E-state index contributed by atoms with van der Waals surface area (Å²) in [6.45, 7) is 0. The van der Waals surface area contributed by atoms with Crippen LogP contribution in [0, 0.1) is 0 Å². The van der Waals surface area contributed by atoms with E-state index in [4.69, 9.17) is 17.3 Å². The average molecular weight is 368 g/mol. The number of hydrogen-bond donors (Lipinski definition) is 1. The minimum atomic E-state index is -0.762. The van der Waals surface area contributed by atoms with Gasteiger partial charge in [-0.25, -0.2) is 4.79 Å². The van der Waals surface area contributed by atoms with Crippen LogP contribution >= 0.6 is 11.6 Å². The molecule has 0 saturated heterocycles. The van der Waals surface area contributed by atoms with Crippen molar-refractivity contribution in [2.75, 3.05) is 16.8 Å². The Kier molecular flexibility index (Phi) is 3.66. The van der Waals surface area contributed by atoms with Crippen molar-refractivity contribution in [1.82, 2.24) is 9.78 Å². The Hall–Kier alpha value is -3.32. The van der Waals surface area contributed by atoms with Gasteiger partial charge in [0, 0.05) is 17.8 Å². The Balaban J connectivity index is 2.02. The fourth-order valence-corrected chi connectivity index (χ4v) is 3.18. The van der Waals surface area contributed by atoms with Crippen molar-refractivity contribution in [2.45, 2.75) is 0 Å². The molecule has 130 valence electrons. The monoisotopic (exact) mass is 367 g/mol. The lowest BCUT2D eigenvalue weighted by molar-refractivity contribution is 0.100. The van der Waals surface area contributed by atoms with E-state index in [9.17, 15) is 9.59 Å². The molecule has 0 unspecified atom stereocenters. The van der Waals surface area contributed by atoms with E-state index >= 15 is 0 Å². The zero-order valence-corrected chi connectivity index (χ0v) is 14.5. The van der Waals surface area contributed by atoms with Gasteiger partial charge < -0.3 is 10.6 Å². The number of rotatable bonds is 1. The number of anilines is 4. The lowest BCUT2D eigenvalue weighted by Gasteiger charge is -2.25. The summed E-state index contributed by atoms with van der Waals surface area (Å²) in [5.74, 6) is 0.0161. The first-order valence-corrected chi connectivity index (χ1v) is 8.17. The van der Waals surface area contributed by atoms with Crippen LogP contribution in [-0.2, 0) is 0 Å². The van der Waals surface area contributed by atoms with Crippen molar-refractivity contribution in [2.24, 2.45) is 5.73 Å². The molecule has 0 radical (unpaired) electrons. The van der Waals surface area contributed by atoms with Crippen LogP contribution in [0.4, 0.5) is 27.7 Å². The van der Waals surface area contributed by atoms with E-state index in [-0.39, 0.29) is 11.5 Å². The molecule has 26 heavy (non-hydrogen) atoms. The molecule has 2 heterocycles. The molecule has 8 heteroatoms. The number of hydrogen-bond acceptors (Lipinski definition) is 4. The van der Waals surface area contributed by atoms with Gasteiger partial charge in [-0.2, -0.15) is 4.68 Å². The van der Waals surface area contributed by atoms with E-state index in [1.165, 1.54) is 6.20 Å². The number of halogens is 1. The molecule has 2 aromatic carbocycles. The summed E-state index contributed by atoms with van der Waals surface area (Å²) < 4.78 is 0.961. The number of para-hydroxylation sites is 1. The van der Waals surface area contributed by atoms with Crippen molar-refractivity contribution < 1.29 is 9.59 Å². The number of amides is 2. The smallest absolute Gasteiger partial charge is 0.339 e. The molecule has 0 saturated carbocycles. The Morgan fingerprint density at radius 1 is 1.12 bits per heavy atom. The van der Waals surface area contributed by atoms with Crippen LogP contribution in [0.25, 0.3) is 0 Å². The molecular weight excluding hydrogens is 354 g/mol. The minimum Gasteiger partial charge on any atom is -0.350 e. The standard InChI is InChI=1S/C18H14ClN5O2/c1-22-14-8-7-11(19)9-15(14)24(12-5-3-2-4-6-12)17(25)13-10-23(18(20)26)21-16(13)22/h2-10H,1H3,(H2,20,26). The van der Waals surface area contributed by atoms with Gasteiger partial charge in [-0.1, -0.05) is 29.8 Å². The lowest BCUT2D eigenvalue weighted by atomic mass is 10.2. The first kappa shape index (κ1) is 16.2. The van der Waals surface area contributed by atoms with Gasteiger partial charge in [-0.3, -0.25) is 9.69 Å². The fourth-order valence-electron chi connectivity index (χ4n) is 3.01. The molecule has 0 fully saturated rings. The summed E-state index contributed by atoms with van der Waals surface area (Å²) in [7, 11) is 1.77. The number of carbonyl (C=O) groups excluding carboxylic acids is 2. The van der Waals surface area contributed by atoms with Crippen LogP contribution in [0.3, 0.4) is 0 Å². The first-order chi connectivity index (χ1) is 12.5. The summed E-state index contributed by atoms with van der Waals surface area (Å²) in [6.07, 6.45) is 1.35. The van der Waals surface area contributed by atoms with Gasteiger partial charge >= 0.3 is 6.03 Å². The van der Waals surface area contributed by atoms with Crippen LogP contribution < -0.4 is 15.5 Å². The van der Waals surface area contributed by atoms with Crippen LogP contribution in [0.1, 0.15) is 10.4 Å². The van der Waals surface area contributed by atoms with Crippen molar-refractivity contribution in [3.63, 3.8) is 0 Å².